The smallest absolute Gasteiger partial charge is 0.250 e. The van der Waals surface area contributed by atoms with Crippen molar-refractivity contribution in [2.45, 2.75) is 27.2 Å². The molecule has 1 amide bonds. The van der Waals surface area contributed by atoms with Gasteiger partial charge in [-0.15, -0.1) is 0 Å². The molecule has 0 bridgehead atoms. The molecule has 0 aromatic heterocycles. The maximum Gasteiger partial charge on any atom is 0.250 e. The summed E-state index contributed by atoms with van der Waals surface area (Å²) in [5.74, 6) is -0.255. The van der Waals surface area contributed by atoms with Gasteiger partial charge in [0.25, 0.3) is 5.91 Å². The Kier molecular flexibility index (Phi) is 5.79. The molecule has 4 heteroatoms. The second-order valence-corrected chi connectivity index (χ2v) is 4.43. The van der Waals surface area contributed by atoms with Crippen LogP contribution >= 0.6 is 0 Å². The molecule has 4 nitrogen and oxygen atoms in total. The number of rotatable bonds is 4. The minimum absolute atomic E-state index is 0.0398. The minimum Gasteiger partial charge on any atom is -0.356 e. The van der Waals surface area contributed by atoms with Gasteiger partial charge in [-0.2, -0.15) is 0 Å². The van der Waals surface area contributed by atoms with Gasteiger partial charge in [-0.25, -0.2) is 0 Å². The number of nitrogens with one attached hydrogen (secondary N) is 3. The highest BCUT2D eigenvalue weighted by Gasteiger charge is 2.01. The standard InChI is InChI=1S/C15H21N3O/c1-4-10-17-15(16)18-14(19)9-8-13-11(2)6-5-7-12(13)3/h5-9H,4,10H2,1-3H3,(H3,16,17,18,19). The zero-order valence-corrected chi connectivity index (χ0v) is 11.7. The van der Waals surface area contributed by atoms with Crippen LogP contribution in [-0.4, -0.2) is 18.4 Å². The quantitative estimate of drug-likeness (QED) is 0.441. The third-order valence-corrected chi connectivity index (χ3v) is 2.74. The Morgan fingerprint density at radius 2 is 1.95 bits per heavy atom. The lowest BCUT2D eigenvalue weighted by Gasteiger charge is -2.07. The zero-order valence-electron chi connectivity index (χ0n) is 11.7. The van der Waals surface area contributed by atoms with Gasteiger partial charge in [-0.1, -0.05) is 25.1 Å². The zero-order chi connectivity index (χ0) is 14.3. The third kappa shape index (κ3) is 4.95. The van der Waals surface area contributed by atoms with Crippen molar-refractivity contribution < 1.29 is 4.79 Å². The van der Waals surface area contributed by atoms with E-state index in [0.717, 1.165) is 23.1 Å². The molecule has 0 unspecified atom stereocenters. The first-order valence-corrected chi connectivity index (χ1v) is 6.42. The molecule has 0 aliphatic heterocycles. The number of benzene rings is 1. The third-order valence-electron chi connectivity index (χ3n) is 2.74. The van der Waals surface area contributed by atoms with Crippen molar-refractivity contribution in [1.29, 1.82) is 5.41 Å². The second-order valence-electron chi connectivity index (χ2n) is 4.43. The monoisotopic (exact) mass is 259 g/mol. The van der Waals surface area contributed by atoms with Gasteiger partial charge < -0.3 is 5.32 Å². The van der Waals surface area contributed by atoms with E-state index in [1.54, 1.807) is 6.08 Å². The molecule has 0 aliphatic rings. The summed E-state index contributed by atoms with van der Waals surface area (Å²) in [6.45, 7) is 6.70. The largest absolute Gasteiger partial charge is 0.356 e. The van der Waals surface area contributed by atoms with Crippen molar-refractivity contribution >= 4 is 17.9 Å². The molecule has 0 spiro atoms. The molecule has 0 fully saturated rings. The topological polar surface area (TPSA) is 65.0 Å². The Labute approximate surface area is 114 Å². The van der Waals surface area contributed by atoms with E-state index < -0.39 is 0 Å². The van der Waals surface area contributed by atoms with Crippen LogP contribution in [0.15, 0.2) is 24.3 Å². The average molecular weight is 259 g/mol. The van der Waals surface area contributed by atoms with Gasteiger partial charge in [0.2, 0.25) is 0 Å². The van der Waals surface area contributed by atoms with Gasteiger partial charge in [0, 0.05) is 12.6 Å². The van der Waals surface area contributed by atoms with Gasteiger partial charge in [-0.3, -0.25) is 15.5 Å². The first-order valence-electron chi connectivity index (χ1n) is 6.42. The number of hydrogen-bond acceptors (Lipinski definition) is 2. The molecule has 0 atom stereocenters. The molecule has 19 heavy (non-hydrogen) atoms. The molecule has 1 aromatic carbocycles. The fourth-order valence-electron chi connectivity index (χ4n) is 1.71. The van der Waals surface area contributed by atoms with Crippen LogP contribution in [0.3, 0.4) is 0 Å². The molecular formula is C15H21N3O. The Bertz CT molecular complexity index is 472. The van der Waals surface area contributed by atoms with Crippen LogP contribution in [0.2, 0.25) is 0 Å². The molecule has 0 heterocycles. The Balaban J connectivity index is 2.61. The number of guanidine groups is 1. The molecule has 102 valence electrons. The number of carbonyl (C=O) groups is 1. The maximum atomic E-state index is 11.6. The molecular weight excluding hydrogens is 238 g/mol. The first-order chi connectivity index (χ1) is 9.04. The highest BCUT2D eigenvalue weighted by atomic mass is 16.1. The van der Waals surface area contributed by atoms with Crippen LogP contribution in [0.4, 0.5) is 0 Å². The summed E-state index contributed by atoms with van der Waals surface area (Å²) in [5, 5.41) is 12.8. The first kappa shape index (κ1) is 15.0. The summed E-state index contributed by atoms with van der Waals surface area (Å²) in [6.07, 6.45) is 4.15. The van der Waals surface area contributed by atoms with E-state index in [4.69, 9.17) is 5.41 Å². The van der Waals surface area contributed by atoms with Crippen LogP contribution < -0.4 is 10.6 Å². The number of amides is 1. The summed E-state index contributed by atoms with van der Waals surface area (Å²) in [7, 11) is 0. The van der Waals surface area contributed by atoms with E-state index >= 15 is 0 Å². The highest BCUT2D eigenvalue weighted by Crippen LogP contribution is 2.14. The van der Waals surface area contributed by atoms with Crippen molar-refractivity contribution in [3.8, 4) is 0 Å². The second kappa shape index (κ2) is 7.36. The lowest BCUT2D eigenvalue weighted by molar-refractivity contribution is -0.115. The van der Waals surface area contributed by atoms with Crippen molar-refractivity contribution in [3.63, 3.8) is 0 Å². The van der Waals surface area contributed by atoms with Crippen LogP contribution in [0.1, 0.15) is 30.0 Å². The van der Waals surface area contributed by atoms with Gasteiger partial charge >= 0.3 is 0 Å². The van der Waals surface area contributed by atoms with Gasteiger partial charge in [0.1, 0.15) is 0 Å². The van der Waals surface area contributed by atoms with Crippen molar-refractivity contribution in [3.05, 3.63) is 41.0 Å². The van der Waals surface area contributed by atoms with Crippen molar-refractivity contribution in [1.82, 2.24) is 10.6 Å². The number of carbonyl (C=O) groups excluding carboxylic acids is 1. The Hall–Kier alpha value is -2.10. The molecule has 3 N–H and O–H groups in total. The molecule has 0 aliphatic carbocycles. The summed E-state index contributed by atoms with van der Waals surface area (Å²) in [6, 6.07) is 6.01. The fourth-order valence-corrected chi connectivity index (χ4v) is 1.71. The molecule has 0 saturated carbocycles. The number of aryl methyl sites for hydroxylation is 2. The van der Waals surface area contributed by atoms with Gasteiger partial charge in [0.05, 0.1) is 0 Å². The van der Waals surface area contributed by atoms with Gasteiger partial charge in [-0.05, 0) is 43.0 Å². The SMILES string of the molecule is CCCNC(=N)NC(=O)C=Cc1c(C)cccc1C. The Morgan fingerprint density at radius 1 is 1.32 bits per heavy atom. The van der Waals surface area contributed by atoms with E-state index in [0.29, 0.717) is 6.54 Å². The summed E-state index contributed by atoms with van der Waals surface area (Å²) >= 11 is 0. The molecule has 1 aromatic rings. The predicted molar refractivity (Wildman–Crippen MR) is 79.1 cm³/mol. The van der Waals surface area contributed by atoms with E-state index in [9.17, 15) is 4.79 Å². The van der Waals surface area contributed by atoms with E-state index in [2.05, 4.69) is 10.6 Å². The van der Waals surface area contributed by atoms with Crippen molar-refractivity contribution in [2.24, 2.45) is 0 Å². The molecule has 0 saturated heterocycles. The highest BCUT2D eigenvalue weighted by molar-refractivity contribution is 6.03. The average Bonchev–Trinajstić information content (AvgIpc) is 2.35. The lowest BCUT2D eigenvalue weighted by atomic mass is 10.0. The maximum absolute atomic E-state index is 11.6. The normalized spacial score (nSPS) is 10.5. The fraction of sp³-hybridized carbons (Fsp3) is 0.333. The lowest BCUT2D eigenvalue weighted by Crippen LogP contribution is -2.39. The van der Waals surface area contributed by atoms with Crippen LogP contribution in [0, 0.1) is 19.3 Å². The van der Waals surface area contributed by atoms with E-state index in [-0.39, 0.29) is 11.9 Å². The van der Waals surface area contributed by atoms with Crippen LogP contribution in [-0.2, 0) is 4.79 Å². The Morgan fingerprint density at radius 3 is 2.53 bits per heavy atom. The van der Waals surface area contributed by atoms with Crippen LogP contribution in [0.25, 0.3) is 6.08 Å². The van der Waals surface area contributed by atoms with E-state index in [1.165, 1.54) is 6.08 Å². The molecule has 0 radical (unpaired) electrons. The number of hydrogen-bond donors (Lipinski definition) is 3. The summed E-state index contributed by atoms with van der Waals surface area (Å²) in [5.41, 5.74) is 3.30. The molecule has 1 rings (SSSR count). The minimum atomic E-state index is -0.295. The summed E-state index contributed by atoms with van der Waals surface area (Å²) < 4.78 is 0. The van der Waals surface area contributed by atoms with E-state index in [1.807, 2.05) is 39.0 Å². The van der Waals surface area contributed by atoms with Crippen LogP contribution in [0.5, 0.6) is 0 Å². The van der Waals surface area contributed by atoms with Crippen molar-refractivity contribution in [2.75, 3.05) is 6.54 Å². The van der Waals surface area contributed by atoms with Gasteiger partial charge in [0.15, 0.2) is 5.96 Å². The predicted octanol–water partition coefficient (Wildman–Crippen LogP) is 2.37. The summed E-state index contributed by atoms with van der Waals surface area (Å²) in [4.78, 5) is 11.6.